The number of fused-ring (bicyclic) bond motifs is 1. The van der Waals surface area contributed by atoms with Gasteiger partial charge in [-0.15, -0.1) is 0 Å². The number of nitrogens with zero attached hydrogens (tertiary/aromatic N) is 1. The van der Waals surface area contributed by atoms with E-state index in [9.17, 15) is 9.59 Å². The van der Waals surface area contributed by atoms with E-state index in [1.807, 2.05) is 36.4 Å². The van der Waals surface area contributed by atoms with Crippen molar-refractivity contribution in [2.75, 3.05) is 5.75 Å². The van der Waals surface area contributed by atoms with Crippen molar-refractivity contribution >= 4 is 46.1 Å². The Morgan fingerprint density at radius 2 is 1.86 bits per heavy atom. The molecule has 0 bridgehead atoms. The molecule has 1 heterocycles. The Kier molecular flexibility index (Phi) is 6.02. The summed E-state index contributed by atoms with van der Waals surface area (Å²) in [7, 11) is 0. The van der Waals surface area contributed by atoms with Gasteiger partial charge in [0.25, 0.3) is 5.91 Å². The van der Waals surface area contributed by atoms with Crippen molar-refractivity contribution in [3.05, 3.63) is 70.7 Å². The Morgan fingerprint density at radius 1 is 1.10 bits per heavy atom. The molecule has 2 amide bonds. The second-order valence-corrected chi connectivity index (χ2v) is 8.40. The number of hydrogen-bond donors (Lipinski definition) is 2. The van der Waals surface area contributed by atoms with Crippen LogP contribution < -0.4 is 10.6 Å². The molecule has 1 aliphatic carbocycles. The van der Waals surface area contributed by atoms with E-state index in [0.29, 0.717) is 22.2 Å². The van der Waals surface area contributed by atoms with E-state index in [-0.39, 0.29) is 23.6 Å². The smallest absolute Gasteiger partial charge is 0.252 e. The van der Waals surface area contributed by atoms with Crippen LogP contribution in [0.25, 0.3) is 10.9 Å². The van der Waals surface area contributed by atoms with Crippen LogP contribution in [0.4, 0.5) is 0 Å². The van der Waals surface area contributed by atoms with E-state index in [4.69, 9.17) is 11.6 Å². The number of amides is 2. The first kappa shape index (κ1) is 19.7. The highest BCUT2D eigenvalue weighted by Gasteiger charge is 2.25. The molecule has 1 saturated carbocycles. The monoisotopic (exact) mass is 425 g/mol. The number of carbonyl (C=O) groups excluding carboxylic acids is 2. The fourth-order valence-corrected chi connectivity index (χ4v) is 3.77. The standard InChI is InChI=1S/C22H20ClN3O2S/c23-15-7-5-14(6-8-15)12-24-20(27)13-29-21-11-18(22(28)25-16-9-10-16)17-3-1-2-4-19(17)26-21/h1-8,11,16H,9-10,12-13H2,(H,24,27)(H,25,28). The number of aromatic nitrogens is 1. The largest absolute Gasteiger partial charge is 0.351 e. The van der Waals surface area contributed by atoms with Gasteiger partial charge in [0.05, 0.1) is 21.9 Å². The van der Waals surface area contributed by atoms with Crippen LogP contribution >= 0.6 is 23.4 Å². The Hall–Kier alpha value is -2.57. The van der Waals surface area contributed by atoms with Gasteiger partial charge in [-0.3, -0.25) is 9.59 Å². The number of hydrogen-bond acceptors (Lipinski definition) is 4. The van der Waals surface area contributed by atoms with Crippen LogP contribution in [-0.4, -0.2) is 28.6 Å². The number of para-hydroxylation sites is 1. The summed E-state index contributed by atoms with van der Waals surface area (Å²) in [5.41, 5.74) is 2.34. The Morgan fingerprint density at radius 3 is 2.62 bits per heavy atom. The second-order valence-electron chi connectivity index (χ2n) is 6.96. The van der Waals surface area contributed by atoms with Gasteiger partial charge < -0.3 is 10.6 Å². The first-order chi connectivity index (χ1) is 14.1. The molecule has 29 heavy (non-hydrogen) atoms. The highest BCUT2D eigenvalue weighted by molar-refractivity contribution is 7.99. The predicted octanol–water partition coefficient (Wildman–Crippen LogP) is 4.19. The number of halogens is 1. The third kappa shape index (κ3) is 5.28. The molecule has 5 nitrogen and oxygen atoms in total. The van der Waals surface area contributed by atoms with E-state index in [1.54, 1.807) is 18.2 Å². The minimum absolute atomic E-state index is 0.0832. The molecule has 0 unspecified atom stereocenters. The van der Waals surface area contributed by atoms with Crippen LogP contribution in [-0.2, 0) is 11.3 Å². The summed E-state index contributed by atoms with van der Waals surface area (Å²) in [6, 6.07) is 17.0. The molecule has 0 aliphatic heterocycles. The Labute approximate surface area is 178 Å². The summed E-state index contributed by atoms with van der Waals surface area (Å²) in [6.45, 7) is 0.441. The number of pyridine rings is 1. The Bertz CT molecular complexity index is 1050. The van der Waals surface area contributed by atoms with E-state index in [1.165, 1.54) is 11.8 Å². The fourth-order valence-electron chi connectivity index (χ4n) is 2.90. The predicted molar refractivity (Wildman–Crippen MR) is 116 cm³/mol. The van der Waals surface area contributed by atoms with Crippen LogP contribution in [0.1, 0.15) is 28.8 Å². The van der Waals surface area contributed by atoms with Crippen molar-refractivity contribution in [1.29, 1.82) is 0 Å². The summed E-state index contributed by atoms with van der Waals surface area (Å²) in [6.07, 6.45) is 2.06. The molecule has 1 aliphatic rings. The summed E-state index contributed by atoms with van der Waals surface area (Å²) in [4.78, 5) is 29.5. The average molecular weight is 426 g/mol. The zero-order valence-corrected chi connectivity index (χ0v) is 17.2. The van der Waals surface area contributed by atoms with Crippen molar-refractivity contribution in [2.45, 2.75) is 30.5 Å². The third-order valence-electron chi connectivity index (χ3n) is 4.60. The molecule has 2 aromatic carbocycles. The van der Waals surface area contributed by atoms with Gasteiger partial charge in [-0.25, -0.2) is 4.98 Å². The summed E-state index contributed by atoms with van der Waals surface area (Å²) < 4.78 is 0. The van der Waals surface area contributed by atoms with Gasteiger partial charge in [0.2, 0.25) is 5.91 Å². The van der Waals surface area contributed by atoms with Crippen LogP contribution in [0.15, 0.2) is 59.6 Å². The quantitative estimate of drug-likeness (QED) is 0.557. The van der Waals surface area contributed by atoms with Crippen molar-refractivity contribution in [2.24, 2.45) is 0 Å². The van der Waals surface area contributed by atoms with Gasteiger partial charge in [0.15, 0.2) is 0 Å². The van der Waals surface area contributed by atoms with Crippen LogP contribution in [0.5, 0.6) is 0 Å². The Balaban J connectivity index is 1.42. The molecule has 1 fully saturated rings. The lowest BCUT2D eigenvalue weighted by atomic mass is 10.1. The number of thioether (sulfide) groups is 1. The lowest BCUT2D eigenvalue weighted by Crippen LogP contribution is -2.26. The molecule has 0 radical (unpaired) electrons. The summed E-state index contributed by atoms with van der Waals surface area (Å²) in [5.74, 6) is 0.0480. The van der Waals surface area contributed by atoms with E-state index in [0.717, 1.165) is 29.3 Å². The van der Waals surface area contributed by atoms with Crippen molar-refractivity contribution in [3.63, 3.8) is 0 Å². The van der Waals surface area contributed by atoms with Gasteiger partial charge in [0.1, 0.15) is 0 Å². The van der Waals surface area contributed by atoms with Crippen LogP contribution in [0.3, 0.4) is 0 Å². The molecular formula is C22H20ClN3O2S. The summed E-state index contributed by atoms with van der Waals surface area (Å²) >= 11 is 7.20. The number of carbonyl (C=O) groups is 2. The average Bonchev–Trinajstić information content (AvgIpc) is 3.55. The maximum absolute atomic E-state index is 12.6. The molecule has 0 atom stereocenters. The van der Waals surface area contributed by atoms with Gasteiger partial charge in [-0.05, 0) is 42.7 Å². The van der Waals surface area contributed by atoms with Gasteiger partial charge >= 0.3 is 0 Å². The zero-order chi connectivity index (χ0) is 20.2. The van der Waals surface area contributed by atoms with Crippen LogP contribution in [0, 0.1) is 0 Å². The minimum atomic E-state index is -0.0936. The first-order valence-corrected chi connectivity index (χ1v) is 10.8. The topological polar surface area (TPSA) is 71.1 Å². The molecule has 3 aromatic rings. The van der Waals surface area contributed by atoms with E-state index >= 15 is 0 Å². The van der Waals surface area contributed by atoms with Crippen molar-refractivity contribution in [1.82, 2.24) is 15.6 Å². The molecule has 148 valence electrons. The molecule has 0 spiro atoms. The summed E-state index contributed by atoms with van der Waals surface area (Å²) in [5, 5.41) is 8.07. The first-order valence-electron chi connectivity index (χ1n) is 9.43. The van der Waals surface area contributed by atoms with E-state index < -0.39 is 0 Å². The number of rotatable bonds is 7. The molecule has 0 saturated heterocycles. The van der Waals surface area contributed by atoms with Crippen molar-refractivity contribution < 1.29 is 9.59 Å². The molecular weight excluding hydrogens is 406 g/mol. The lowest BCUT2D eigenvalue weighted by molar-refractivity contribution is -0.118. The lowest BCUT2D eigenvalue weighted by Gasteiger charge is -2.10. The van der Waals surface area contributed by atoms with Crippen molar-refractivity contribution in [3.8, 4) is 0 Å². The normalized spacial score (nSPS) is 13.3. The van der Waals surface area contributed by atoms with Gasteiger partial charge in [0, 0.05) is 23.0 Å². The fraction of sp³-hybridized carbons (Fsp3) is 0.227. The maximum Gasteiger partial charge on any atom is 0.252 e. The molecule has 2 N–H and O–H groups in total. The highest BCUT2D eigenvalue weighted by Crippen LogP contribution is 2.26. The number of nitrogens with one attached hydrogen (secondary N) is 2. The SMILES string of the molecule is O=C(CSc1cc(C(=O)NC2CC2)c2ccccc2n1)NCc1ccc(Cl)cc1. The molecule has 1 aromatic heterocycles. The van der Waals surface area contributed by atoms with E-state index in [2.05, 4.69) is 15.6 Å². The zero-order valence-electron chi connectivity index (χ0n) is 15.7. The number of benzene rings is 2. The second kappa shape index (κ2) is 8.84. The minimum Gasteiger partial charge on any atom is -0.351 e. The van der Waals surface area contributed by atoms with Gasteiger partial charge in [-0.2, -0.15) is 0 Å². The molecule has 4 rings (SSSR count). The van der Waals surface area contributed by atoms with Crippen LogP contribution in [0.2, 0.25) is 5.02 Å². The highest BCUT2D eigenvalue weighted by atomic mass is 35.5. The molecule has 7 heteroatoms. The third-order valence-corrected chi connectivity index (χ3v) is 5.77. The van der Waals surface area contributed by atoms with Gasteiger partial charge in [-0.1, -0.05) is 53.7 Å². The maximum atomic E-state index is 12.6.